The maximum Gasteiger partial charge on any atom is 0.142 e. The predicted molar refractivity (Wildman–Crippen MR) is 41.4 cm³/mol. The van der Waals surface area contributed by atoms with E-state index in [-0.39, 0.29) is 6.04 Å². The molecule has 0 bridgehead atoms. The molecule has 1 aliphatic heterocycles. The molecular weight excluding hydrogens is 140 g/mol. The summed E-state index contributed by atoms with van der Waals surface area (Å²) in [6.45, 7) is 0. The number of carbonyl (C=O) groups excluding carboxylic acids is 1. The van der Waals surface area contributed by atoms with Crippen LogP contribution in [0.4, 0.5) is 5.82 Å². The Morgan fingerprint density at radius 3 is 3.36 bits per heavy atom. The number of nitrogens with zero attached hydrogens (tertiary/aromatic N) is 1. The Bertz CT molecular complexity index is 260. The number of carbonyl (C=O) groups is 1. The fraction of sp³-hybridized carbons (Fsp3) is 0.250. The molecule has 1 aromatic rings. The van der Waals surface area contributed by atoms with Crippen molar-refractivity contribution in [2.24, 2.45) is 0 Å². The second kappa shape index (κ2) is 2.34. The molecule has 0 spiro atoms. The van der Waals surface area contributed by atoms with Crippen LogP contribution in [-0.2, 0) is 11.2 Å². The van der Waals surface area contributed by atoms with Gasteiger partial charge in [-0.2, -0.15) is 0 Å². The Balaban J connectivity index is 2.33. The van der Waals surface area contributed by atoms with Gasteiger partial charge in [-0.25, -0.2) is 4.98 Å². The van der Waals surface area contributed by atoms with Gasteiger partial charge in [0.2, 0.25) is 0 Å². The van der Waals surface area contributed by atoms with E-state index in [9.17, 15) is 4.79 Å². The Kier molecular flexibility index (Phi) is 1.35. The van der Waals surface area contributed by atoms with Gasteiger partial charge in [-0.1, -0.05) is 6.07 Å². The molecule has 0 aromatic carbocycles. The van der Waals surface area contributed by atoms with Crippen LogP contribution in [0.3, 0.4) is 0 Å². The van der Waals surface area contributed by atoms with Crippen LogP contribution in [0.1, 0.15) is 5.56 Å². The molecule has 56 valence electrons. The lowest BCUT2D eigenvalue weighted by Crippen LogP contribution is -2.16. The number of pyridine rings is 1. The highest BCUT2D eigenvalue weighted by Crippen LogP contribution is 2.20. The molecule has 1 atom stereocenters. The van der Waals surface area contributed by atoms with Crippen molar-refractivity contribution in [2.75, 3.05) is 5.32 Å². The molecule has 0 fully saturated rings. The number of nitrogens with one attached hydrogen (secondary N) is 1. The molecule has 0 amide bonds. The fourth-order valence-corrected chi connectivity index (χ4v) is 1.28. The van der Waals surface area contributed by atoms with Gasteiger partial charge in [0.15, 0.2) is 0 Å². The van der Waals surface area contributed by atoms with E-state index >= 15 is 0 Å². The number of hydrogen-bond donors (Lipinski definition) is 1. The van der Waals surface area contributed by atoms with Crippen LogP contribution in [0.5, 0.6) is 0 Å². The van der Waals surface area contributed by atoms with Gasteiger partial charge in [-0.3, -0.25) is 0 Å². The molecule has 1 N–H and O–H groups in total. The number of fused-ring (bicyclic) bond motifs is 1. The molecule has 2 heterocycles. The molecule has 11 heavy (non-hydrogen) atoms. The van der Waals surface area contributed by atoms with E-state index in [0.717, 1.165) is 24.1 Å². The first-order valence-corrected chi connectivity index (χ1v) is 3.56. The highest BCUT2D eigenvalue weighted by Gasteiger charge is 2.19. The lowest BCUT2D eigenvalue weighted by Gasteiger charge is -1.98. The van der Waals surface area contributed by atoms with Gasteiger partial charge < -0.3 is 10.1 Å². The summed E-state index contributed by atoms with van der Waals surface area (Å²) in [5.41, 5.74) is 1.13. The van der Waals surface area contributed by atoms with Gasteiger partial charge in [-0.05, 0) is 11.6 Å². The molecule has 2 rings (SSSR count). The minimum absolute atomic E-state index is 0.0695. The third-order valence-electron chi connectivity index (χ3n) is 1.82. The summed E-state index contributed by atoms with van der Waals surface area (Å²) in [5.74, 6) is 0.851. The zero-order valence-electron chi connectivity index (χ0n) is 5.95. The highest BCUT2D eigenvalue weighted by molar-refractivity contribution is 5.69. The Morgan fingerprint density at radius 1 is 1.73 bits per heavy atom. The number of aromatic nitrogens is 1. The Morgan fingerprint density at radius 2 is 2.64 bits per heavy atom. The summed E-state index contributed by atoms with van der Waals surface area (Å²) in [6, 6.07) is 3.80. The second-order valence-corrected chi connectivity index (χ2v) is 2.60. The summed E-state index contributed by atoms with van der Waals surface area (Å²) in [4.78, 5) is 14.5. The first-order valence-electron chi connectivity index (χ1n) is 3.56. The van der Waals surface area contributed by atoms with Gasteiger partial charge in [0, 0.05) is 12.6 Å². The average Bonchev–Trinajstić information content (AvgIpc) is 2.46. The second-order valence-electron chi connectivity index (χ2n) is 2.60. The summed E-state index contributed by atoms with van der Waals surface area (Å²) < 4.78 is 0. The van der Waals surface area contributed by atoms with Crippen molar-refractivity contribution in [1.82, 2.24) is 4.98 Å². The number of hydrogen-bond acceptors (Lipinski definition) is 3. The van der Waals surface area contributed by atoms with Gasteiger partial charge in [-0.15, -0.1) is 0 Å². The maximum absolute atomic E-state index is 10.4. The van der Waals surface area contributed by atoms with Crippen LogP contribution < -0.4 is 5.32 Å². The number of aldehydes is 1. The fourth-order valence-electron chi connectivity index (χ4n) is 1.28. The van der Waals surface area contributed by atoms with Crippen molar-refractivity contribution >= 4 is 12.1 Å². The average molecular weight is 148 g/mol. The van der Waals surface area contributed by atoms with E-state index in [4.69, 9.17) is 0 Å². The van der Waals surface area contributed by atoms with Gasteiger partial charge in [0.25, 0.3) is 0 Å². The zero-order valence-corrected chi connectivity index (χ0v) is 5.95. The van der Waals surface area contributed by atoms with Crippen molar-refractivity contribution in [2.45, 2.75) is 12.5 Å². The van der Waals surface area contributed by atoms with Crippen LogP contribution in [0.25, 0.3) is 0 Å². The van der Waals surface area contributed by atoms with Crippen LogP contribution in [0.2, 0.25) is 0 Å². The van der Waals surface area contributed by atoms with Crippen LogP contribution in [0, 0.1) is 0 Å². The third-order valence-corrected chi connectivity index (χ3v) is 1.82. The predicted octanol–water partition coefficient (Wildman–Crippen LogP) is 0.617. The first kappa shape index (κ1) is 6.34. The Hall–Kier alpha value is -1.38. The van der Waals surface area contributed by atoms with Gasteiger partial charge in [0.1, 0.15) is 12.1 Å². The molecular formula is C8H8N2O. The Labute approximate surface area is 64.5 Å². The van der Waals surface area contributed by atoms with E-state index in [1.165, 1.54) is 0 Å². The van der Waals surface area contributed by atoms with Gasteiger partial charge >= 0.3 is 0 Å². The molecule has 0 unspecified atom stereocenters. The third kappa shape index (κ3) is 0.981. The minimum atomic E-state index is -0.0695. The quantitative estimate of drug-likeness (QED) is 0.593. The van der Waals surface area contributed by atoms with Crippen molar-refractivity contribution in [3.05, 3.63) is 23.9 Å². The molecule has 1 aliphatic rings. The van der Waals surface area contributed by atoms with Crippen LogP contribution in [-0.4, -0.2) is 17.3 Å². The van der Waals surface area contributed by atoms with E-state index in [1.54, 1.807) is 6.20 Å². The smallest absolute Gasteiger partial charge is 0.142 e. The van der Waals surface area contributed by atoms with E-state index < -0.39 is 0 Å². The van der Waals surface area contributed by atoms with Crippen molar-refractivity contribution in [3.63, 3.8) is 0 Å². The number of anilines is 1. The standard InChI is InChI=1S/C8H8N2O/c11-5-7-4-6-2-1-3-9-8(6)10-7/h1-3,5,7H,4H2,(H,9,10)/t7-/m0/s1. The van der Waals surface area contributed by atoms with Crippen LogP contribution in [0.15, 0.2) is 18.3 Å². The summed E-state index contributed by atoms with van der Waals surface area (Å²) in [6.07, 6.45) is 3.41. The van der Waals surface area contributed by atoms with Crippen molar-refractivity contribution in [3.8, 4) is 0 Å². The molecule has 0 radical (unpaired) electrons. The van der Waals surface area contributed by atoms with Gasteiger partial charge in [0.05, 0.1) is 6.04 Å². The van der Waals surface area contributed by atoms with E-state index in [0.29, 0.717) is 0 Å². The molecule has 0 saturated heterocycles. The first-order chi connectivity index (χ1) is 5.40. The molecule has 1 aromatic heterocycles. The normalized spacial score (nSPS) is 20.5. The largest absolute Gasteiger partial charge is 0.360 e. The van der Waals surface area contributed by atoms with Crippen molar-refractivity contribution < 1.29 is 4.79 Å². The topological polar surface area (TPSA) is 42.0 Å². The molecule has 3 nitrogen and oxygen atoms in total. The monoisotopic (exact) mass is 148 g/mol. The molecule has 0 saturated carbocycles. The van der Waals surface area contributed by atoms with Crippen LogP contribution >= 0.6 is 0 Å². The van der Waals surface area contributed by atoms with E-state index in [1.807, 2.05) is 12.1 Å². The SMILES string of the molecule is O=C[C@@H]1Cc2cccnc2N1. The zero-order chi connectivity index (χ0) is 7.68. The number of rotatable bonds is 1. The maximum atomic E-state index is 10.4. The highest BCUT2D eigenvalue weighted by atomic mass is 16.1. The lowest BCUT2D eigenvalue weighted by atomic mass is 10.2. The molecule has 3 heteroatoms. The van der Waals surface area contributed by atoms with E-state index in [2.05, 4.69) is 10.3 Å². The summed E-state index contributed by atoms with van der Waals surface area (Å²) in [5, 5.41) is 3.00. The summed E-state index contributed by atoms with van der Waals surface area (Å²) in [7, 11) is 0. The molecule has 0 aliphatic carbocycles. The summed E-state index contributed by atoms with van der Waals surface area (Å²) >= 11 is 0. The van der Waals surface area contributed by atoms with Crippen molar-refractivity contribution in [1.29, 1.82) is 0 Å². The lowest BCUT2D eigenvalue weighted by molar-refractivity contribution is -0.108. The minimum Gasteiger partial charge on any atom is -0.360 e.